The normalized spacial score (nSPS) is 14.4. The van der Waals surface area contributed by atoms with E-state index in [1.807, 2.05) is 0 Å². The molecule has 1 aliphatic heterocycles. The first kappa shape index (κ1) is 21.3. The van der Waals surface area contributed by atoms with E-state index in [0.717, 1.165) is 37.3 Å². The zero-order valence-corrected chi connectivity index (χ0v) is 17.6. The van der Waals surface area contributed by atoms with Crippen molar-refractivity contribution in [1.82, 2.24) is 5.32 Å². The van der Waals surface area contributed by atoms with Crippen molar-refractivity contribution in [2.75, 3.05) is 25.0 Å². The number of carboxylic acid groups (broad SMARTS) is 2. The Hall–Kier alpha value is -2.43. The first-order valence-corrected chi connectivity index (χ1v) is 10.5. The lowest BCUT2D eigenvalue weighted by atomic mass is 9.97. The van der Waals surface area contributed by atoms with Gasteiger partial charge in [0.1, 0.15) is 0 Å². The zero-order valence-electron chi connectivity index (χ0n) is 15.2. The van der Waals surface area contributed by atoms with Crippen molar-refractivity contribution in [1.29, 1.82) is 0 Å². The van der Waals surface area contributed by atoms with Crippen molar-refractivity contribution in [3.8, 4) is 16.2 Å². The molecule has 1 aromatic heterocycles. The smallest absolute Gasteiger partial charge is 0.349 e. The molecule has 1 aliphatic rings. The second kappa shape index (κ2) is 9.38. The molecule has 0 aliphatic carbocycles. The molecule has 0 atom stereocenters. The molecule has 3 rings (SSSR count). The van der Waals surface area contributed by atoms with Gasteiger partial charge in [0.25, 0.3) is 0 Å². The van der Waals surface area contributed by atoms with Crippen LogP contribution < -0.4 is 15.4 Å². The Morgan fingerprint density at radius 3 is 2.62 bits per heavy atom. The molecule has 0 saturated carbocycles. The molecular weight excluding hydrogens is 464 g/mol. The number of hydrogen-bond donors (Lipinski definition) is 4. The van der Waals surface area contributed by atoms with E-state index in [4.69, 9.17) is 9.84 Å². The number of halogens is 1. The lowest BCUT2D eigenvalue weighted by molar-refractivity contribution is -0.139. The van der Waals surface area contributed by atoms with Crippen LogP contribution in [0.25, 0.3) is 10.4 Å². The highest BCUT2D eigenvalue weighted by Crippen LogP contribution is 2.46. The maximum atomic E-state index is 12.5. The van der Waals surface area contributed by atoms with Crippen LogP contribution in [0.5, 0.6) is 5.75 Å². The molecule has 0 bridgehead atoms. The lowest BCUT2D eigenvalue weighted by Crippen LogP contribution is -2.34. The van der Waals surface area contributed by atoms with Gasteiger partial charge in [-0.1, -0.05) is 12.1 Å². The van der Waals surface area contributed by atoms with Crippen LogP contribution in [-0.4, -0.2) is 47.8 Å². The number of aromatic carboxylic acids is 1. The van der Waals surface area contributed by atoms with Gasteiger partial charge in [-0.05, 0) is 59.6 Å². The molecule has 0 spiro atoms. The van der Waals surface area contributed by atoms with E-state index in [1.54, 1.807) is 24.3 Å². The van der Waals surface area contributed by atoms with Crippen LogP contribution in [0.4, 0.5) is 5.69 Å². The minimum Gasteiger partial charge on any atom is -0.479 e. The van der Waals surface area contributed by atoms with E-state index in [9.17, 15) is 19.5 Å². The molecule has 0 unspecified atom stereocenters. The van der Waals surface area contributed by atoms with Crippen molar-refractivity contribution in [2.24, 2.45) is 5.92 Å². The minimum atomic E-state index is -1.21. The predicted molar refractivity (Wildman–Crippen MR) is 112 cm³/mol. The average Bonchev–Trinajstić information content (AvgIpc) is 3.04. The summed E-state index contributed by atoms with van der Waals surface area (Å²) >= 11 is 4.30. The van der Waals surface area contributed by atoms with Crippen LogP contribution in [0.1, 0.15) is 22.5 Å². The molecule has 10 heteroatoms. The van der Waals surface area contributed by atoms with Gasteiger partial charge in [0.2, 0.25) is 5.91 Å². The second-order valence-electron chi connectivity index (χ2n) is 6.49. The molecule has 1 fully saturated rings. The van der Waals surface area contributed by atoms with E-state index >= 15 is 0 Å². The second-order valence-corrected chi connectivity index (χ2v) is 8.30. The number of nitrogens with one attached hydrogen (secondary N) is 2. The van der Waals surface area contributed by atoms with Crippen LogP contribution in [0.15, 0.2) is 28.7 Å². The van der Waals surface area contributed by atoms with E-state index in [-0.39, 0.29) is 22.5 Å². The fourth-order valence-electron chi connectivity index (χ4n) is 3.05. The summed E-state index contributed by atoms with van der Waals surface area (Å²) in [7, 11) is 0. The first-order valence-electron chi connectivity index (χ1n) is 8.89. The SMILES string of the molecule is O=C(O)COc1c(C(=O)O)sc(-c2cccc(NC(=O)C3CCNCC3)c2)c1Br. The van der Waals surface area contributed by atoms with Crippen LogP contribution in [0.3, 0.4) is 0 Å². The average molecular weight is 483 g/mol. The highest BCUT2D eigenvalue weighted by molar-refractivity contribution is 9.10. The lowest BCUT2D eigenvalue weighted by Gasteiger charge is -2.21. The molecule has 1 saturated heterocycles. The Balaban J connectivity index is 1.86. The molecule has 2 heterocycles. The minimum absolute atomic E-state index is 0.0240. The van der Waals surface area contributed by atoms with Crippen molar-refractivity contribution in [3.05, 3.63) is 33.6 Å². The summed E-state index contributed by atoms with van der Waals surface area (Å²) in [5.41, 5.74) is 1.29. The monoisotopic (exact) mass is 482 g/mol. The van der Waals surface area contributed by atoms with Crippen LogP contribution in [-0.2, 0) is 9.59 Å². The molecule has 0 radical (unpaired) electrons. The number of anilines is 1. The van der Waals surface area contributed by atoms with Gasteiger partial charge in [0.05, 0.1) is 9.35 Å². The Kier molecular flexibility index (Phi) is 6.88. The van der Waals surface area contributed by atoms with Gasteiger partial charge in [-0.3, -0.25) is 4.79 Å². The number of hydrogen-bond acceptors (Lipinski definition) is 6. The number of aliphatic carboxylic acids is 1. The largest absolute Gasteiger partial charge is 0.479 e. The van der Waals surface area contributed by atoms with E-state index in [2.05, 4.69) is 26.6 Å². The van der Waals surface area contributed by atoms with Gasteiger partial charge in [-0.25, -0.2) is 9.59 Å². The fourth-order valence-corrected chi connectivity index (χ4v) is 4.94. The van der Waals surface area contributed by atoms with Gasteiger partial charge in [-0.2, -0.15) is 0 Å². The quantitative estimate of drug-likeness (QED) is 0.477. The molecule has 8 nitrogen and oxygen atoms in total. The summed E-state index contributed by atoms with van der Waals surface area (Å²) in [4.78, 5) is 35.3. The number of carboxylic acids is 2. The summed E-state index contributed by atoms with van der Waals surface area (Å²) in [5.74, 6) is -2.51. The Bertz CT molecular complexity index is 939. The maximum Gasteiger partial charge on any atom is 0.349 e. The topological polar surface area (TPSA) is 125 Å². The summed E-state index contributed by atoms with van der Waals surface area (Å²) in [5, 5.41) is 24.4. The van der Waals surface area contributed by atoms with Gasteiger partial charge >= 0.3 is 11.9 Å². The summed E-state index contributed by atoms with van der Waals surface area (Å²) < 4.78 is 5.54. The third kappa shape index (κ3) is 5.14. The molecule has 1 amide bonds. The summed E-state index contributed by atoms with van der Waals surface area (Å²) in [6.07, 6.45) is 1.57. The van der Waals surface area contributed by atoms with E-state index in [1.165, 1.54) is 0 Å². The number of carbonyl (C=O) groups is 3. The molecule has 154 valence electrons. The molecule has 2 aromatic rings. The molecular formula is C19H19BrN2O6S. The van der Waals surface area contributed by atoms with Crippen LogP contribution >= 0.6 is 27.3 Å². The first-order chi connectivity index (χ1) is 13.9. The van der Waals surface area contributed by atoms with Crippen molar-refractivity contribution in [2.45, 2.75) is 12.8 Å². The van der Waals surface area contributed by atoms with Gasteiger partial charge in [0.15, 0.2) is 17.2 Å². The number of piperidine rings is 1. The highest BCUT2D eigenvalue weighted by atomic mass is 79.9. The van der Waals surface area contributed by atoms with Gasteiger partial charge in [0, 0.05) is 11.6 Å². The van der Waals surface area contributed by atoms with Gasteiger partial charge in [-0.15, -0.1) is 11.3 Å². The standard InChI is InChI=1S/C19H19BrN2O6S/c20-14-15(28-9-13(23)24)17(19(26)27)29-16(14)11-2-1-3-12(8-11)22-18(25)10-4-6-21-7-5-10/h1-3,8,10,21H,4-7,9H2,(H,22,25)(H,23,24)(H,26,27). The molecule has 4 N–H and O–H groups in total. The van der Waals surface area contributed by atoms with Crippen molar-refractivity contribution >= 4 is 50.8 Å². The fraction of sp³-hybridized carbons (Fsp3) is 0.316. The van der Waals surface area contributed by atoms with Crippen molar-refractivity contribution < 1.29 is 29.3 Å². The van der Waals surface area contributed by atoms with Crippen LogP contribution in [0.2, 0.25) is 0 Å². The van der Waals surface area contributed by atoms with Crippen molar-refractivity contribution in [3.63, 3.8) is 0 Å². The predicted octanol–water partition coefficient (Wildman–Crippen LogP) is 3.28. The number of amides is 1. The highest BCUT2D eigenvalue weighted by Gasteiger charge is 2.25. The number of thiophene rings is 1. The summed E-state index contributed by atoms with van der Waals surface area (Å²) in [6.45, 7) is 0.982. The summed E-state index contributed by atoms with van der Waals surface area (Å²) in [6, 6.07) is 7.06. The Morgan fingerprint density at radius 1 is 1.24 bits per heavy atom. The van der Waals surface area contributed by atoms with Crippen LogP contribution in [0, 0.1) is 5.92 Å². The maximum absolute atomic E-state index is 12.5. The molecule has 29 heavy (non-hydrogen) atoms. The number of carbonyl (C=O) groups excluding carboxylic acids is 1. The zero-order chi connectivity index (χ0) is 21.0. The van der Waals surface area contributed by atoms with E-state index in [0.29, 0.717) is 20.6 Å². The Morgan fingerprint density at radius 2 is 1.97 bits per heavy atom. The number of rotatable bonds is 7. The molecule has 1 aromatic carbocycles. The Labute approximate surface area is 179 Å². The third-order valence-electron chi connectivity index (χ3n) is 4.45. The number of ether oxygens (including phenoxy) is 1. The third-order valence-corrected chi connectivity index (χ3v) is 6.67. The van der Waals surface area contributed by atoms with E-state index < -0.39 is 18.5 Å². The number of benzene rings is 1. The van der Waals surface area contributed by atoms with Gasteiger partial charge < -0.3 is 25.6 Å².